The lowest BCUT2D eigenvalue weighted by molar-refractivity contribution is -0.140. The van der Waals surface area contributed by atoms with Gasteiger partial charge in [-0.1, -0.05) is 91.0 Å². The SMILES string of the molecule is CCCCNC(=O)[C@@H](CC)N(Cc1ccc(Cl)cc1Cl)C(=O)CN(c1ccccc1Cl)S(=O)(=O)c1ccc(C)cc1. The summed E-state index contributed by atoms with van der Waals surface area (Å²) in [6.45, 7) is 5.49. The molecule has 0 saturated heterocycles. The van der Waals surface area contributed by atoms with Crippen LogP contribution in [0.2, 0.25) is 15.1 Å². The smallest absolute Gasteiger partial charge is 0.264 e. The molecular formula is C30H34Cl3N3O4S. The Morgan fingerprint density at radius 3 is 2.22 bits per heavy atom. The van der Waals surface area contributed by atoms with Crippen LogP contribution in [0.15, 0.2) is 71.6 Å². The molecule has 0 aliphatic heterocycles. The number of carbonyl (C=O) groups is 2. The Kier molecular flexibility index (Phi) is 11.9. The van der Waals surface area contributed by atoms with E-state index in [2.05, 4.69) is 5.32 Å². The number of nitrogens with one attached hydrogen (secondary N) is 1. The molecule has 0 fully saturated rings. The van der Waals surface area contributed by atoms with Crippen LogP contribution in [0.4, 0.5) is 5.69 Å². The van der Waals surface area contributed by atoms with Crippen molar-refractivity contribution in [1.82, 2.24) is 10.2 Å². The minimum Gasteiger partial charge on any atom is -0.354 e. The Balaban J connectivity index is 2.07. The second-order valence-electron chi connectivity index (χ2n) is 9.60. The van der Waals surface area contributed by atoms with Gasteiger partial charge in [-0.3, -0.25) is 13.9 Å². The molecule has 2 amide bonds. The number of benzene rings is 3. The van der Waals surface area contributed by atoms with Crippen LogP contribution in [-0.2, 0) is 26.2 Å². The number of hydrogen-bond acceptors (Lipinski definition) is 4. The van der Waals surface area contributed by atoms with E-state index in [-0.39, 0.29) is 28.1 Å². The van der Waals surface area contributed by atoms with Crippen LogP contribution in [0.5, 0.6) is 0 Å². The maximum Gasteiger partial charge on any atom is 0.264 e. The number of sulfonamides is 1. The summed E-state index contributed by atoms with van der Waals surface area (Å²) in [6.07, 6.45) is 1.98. The lowest BCUT2D eigenvalue weighted by Gasteiger charge is -2.33. The van der Waals surface area contributed by atoms with E-state index in [9.17, 15) is 18.0 Å². The van der Waals surface area contributed by atoms with Crippen molar-refractivity contribution in [2.45, 2.75) is 57.5 Å². The van der Waals surface area contributed by atoms with Gasteiger partial charge in [0, 0.05) is 23.1 Å². The monoisotopic (exact) mass is 637 g/mol. The summed E-state index contributed by atoms with van der Waals surface area (Å²) in [6, 6.07) is 16.8. The number of aryl methyl sites for hydroxylation is 1. The van der Waals surface area contributed by atoms with Crippen molar-refractivity contribution in [3.05, 3.63) is 92.9 Å². The number of anilines is 1. The van der Waals surface area contributed by atoms with E-state index < -0.39 is 28.5 Å². The molecule has 0 saturated carbocycles. The highest BCUT2D eigenvalue weighted by atomic mass is 35.5. The third kappa shape index (κ3) is 8.38. The normalized spacial score (nSPS) is 12.0. The third-order valence-electron chi connectivity index (χ3n) is 6.58. The van der Waals surface area contributed by atoms with Crippen LogP contribution < -0.4 is 9.62 Å². The van der Waals surface area contributed by atoms with Crippen LogP contribution in [-0.4, -0.2) is 44.3 Å². The number of amides is 2. The van der Waals surface area contributed by atoms with Gasteiger partial charge in [0.1, 0.15) is 12.6 Å². The summed E-state index contributed by atoms with van der Waals surface area (Å²) in [7, 11) is -4.22. The van der Waals surface area contributed by atoms with Gasteiger partial charge in [0.05, 0.1) is 15.6 Å². The van der Waals surface area contributed by atoms with E-state index in [0.717, 1.165) is 22.7 Å². The molecule has 3 aromatic rings. The first-order chi connectivity index (χ1) is 19.5. The summed E-state index contributed by atoms with van der Waals surface area (Å²) in [5.41, 5.74) is 1.60. The number of unbranched alkanes of at least 4 members (excludes halogenated alkanes) is 1. The van der Waals surface area contributed by atoms with Crippen molar-refractivity contribution in [2.24, 2.45) is 0 Å². The second kappa shape index (κ2) is 14.9. The van der Waals surface area contributed by atoms with Crippen LogP contribution in [0.25, 0.3) is 0 Å². The highest BCUT2D eigenvalue weighted by Crippen LogP contribution is 2.31. The van der Waals surface area contributed by atoms with Crippen molar-refractivity contribution in [1.29, 1.82) is 0 Å². The van der Waals surface area contributed by atoms with Crippen molar-refractivity contribution < 1.29 is 18.0 Å². The molecule has 0 heterocycles. The number of halogens is 3. The molecule has 0 spiro atoms. The minimum absolute atomic E-state index is 0.00691. The van der Waals surface area contributed by atoms with Gasteiger partial charge in [-0.25, -0.2) is 8.42 Å². The molecule has 0 aromatic heterocycles. The molecular weight excluding hydrogens is 605 g/mol. The van der Waals surface area contributed by atoms with Crippen LogP contribution >= 0.6 is 34.8 Å². The molecule has 0 aliphatic carbocycles. The van der Waals surface area contributed by atoms with Crippen molar-refractivity contribution >= 4 is 62.3 Å². The molecule has 3 rings (SSSR count). The summed E-state index contributed by atoms with van der Waals surface area (Å²) in [4.78, 5) is 28.8. The van der Waals surface area contributed by atoms with E-state index in [1.807, 2.05) is 13.8 Å². The zero-order valence-corrected chi connectivity index (χ0v) is 26.3. The van der Waals surface area contributed by atoms with Crippen molar-refractivity contribution in [3.63, 3.8) is 0 Å². The molecule has 0 bridgehead atoms. The Morgan fingerprint density at radius 1 is 0.927 bits per heavy atom. The molecule has 7 nitrogen and oxygen atoms in total. The maximum atomic E-state index is 14.1. The molecule has 41 heavy (non-hydrogen) atoms. The first kappa shape index (κ1) is 32.7. The Hall–Kier alpha value is -2.78. The first-order valence-corrected chi connectivity index (χ1v) is 15.9. The van der Waals surface area contributed by atoms with Gasteiger partial charge in [0.25, 0.3) is 10.0 Å². The van der Waals surface area contributed by atoms with Gasteiger partial charge < -0.3 is 10.2 Å². The lowest BCUT2D eigenvalue weighted by Crippen LogP contribution is -2.52. The van der Waals surface area contributed by atoms with E-state index >= 15 is 0 Å². The molecule has 0 radical (unpaired) electrons. The molecule has 1 N–H and O–H groups in total. The van der Waals surface area contributed by atoms with Gasteiger partial charge in [0.15, 0.2) is 0 Å². The fourth-order valence-electron chi connectivity index (χ4n) is 4.26. The van der Waals surface area contributed by atoms with Crippen molar-refractivity contribution in [3.8, 4) is 0 Å². The molecule has 3 aromatic carbocycles. The molecule has 1 atom stereocenters. The number of para-hydroxylation sites is 1. The number of carbonyl (C=O) groups excluding carboxylic acids is 2. The predicted molar refractivity (Wildman–Crippen MR) is 166 cm³/mol. The third-order valence-corrected chi connectivity index (χ3v) is 9.26. The minimum atomic E-state index is -4.22. The Bertz CT molecular complexity index is 1470. The number of hydrogen-bond donors (Lipinski definition) is 1. The van der Waals surface area contributed by atoms with Crippen molar-refractivity contribution in [2.75, 3.05) is 17.4 Å². The van der Waals surface area contributed by atoms with Crippen LogP contribution in [0.1, 0.15) is 44.2 Å². The average molecular weight is 639 g/mol. The first-order valence-electron chi connectivity index (χ1n) is 13.3. The quantitative estimate of drug-likeness (QED) is 0.207. The largest absolute Gasteiger partial charge is 0.354 e. The maximum absolute atomic E-state index is 14.1. The fraction of sp³-hybridized carbons (Fsp3) is 0.333. The Labute approximate surface area is 257 Å². The molecule has 0 aliphatic rings. The molecule has 0 unspecified atom stereocenters. The summed E-state index contributed by atoms with van der Waals surface area (Å²) in [5, 5.41) is 3.81. The van der Waals surface area contributed by atoms with Gasteiger partial charge >= 0.3 is 0 Å². The van der Waals surface area contributed by atoms with E-state index in [1.54, 1.807) is 55.5 Å². The molecule has 220 valence electrons. The number of rotatable bonds is 13. The highest BCUT2D eigenvalue weighted by molar-refractivity contribution is 7.92. The Morgan fingerprint density at radius 2 is 1.61 bits per heavy atom. The van der Waals surface area contributed by atoms with Gasteiger partial charge in [-0.05, 0) is 61.7 Å². The zero-order valence-electron chi connectivity index (χ0n) is 23.2. The standard InChI is InChI=1S/C30H34Cl3N3O4S/c1-4-6-17-34-30(38)27(5-2)35(19-22-13-14-23(31)18-26(22)33)29(37)20-36(28-10-8-7-9-25(28)32)41(39,40)24-15-11-21(3)12-16-24/h7-16,18,27H,4-6,17,19-20H2,1-3H3,(H,34,38)/t27-/m1/s1. The van der Waals surface area contributed by atoms with E-state index in [1.165, 1.54) is 23.1 Å². The van der Waals surface area contributed by atoms with Crippen LogP contribution in [0, 0.1) is 6.92 Å². The topological polar surface area (TPSA) is 86.8 Å². The van der Waals surface area contributed by atoms with Gasteiger partial charge in [-0.2, -0.15) is 0 Å². The van der Waals surface area contributed by atoms with Gasteiger partial charge in [-0.15, -0.1) is 0 Å². The summed E-state index contributed by atoms with van der Waals surface area (Å²) >= 11 is 19.0. The average Bonchev–Trinajstić information content (AvgIpc) is 2.93. The predicted octanol–water partition coefficient (Wildman–Crippen LogP) is 6.87. The second-order valence-corrected chi connectivity index (χ2v) is 12.7. The van der Waals surface area contributed by atoms with Crippen LogP contribution in [0.3, 0.4) is 0 Å². The fourth-order valence-corrected chi connectivity index (χ4v) is 6.45. The van der Waals surface area contributed by atoms with Gasteiger partial charge in [0.2, 0.25) is 11.8 Å². The van der Waals surface area contributed by atoms with E-state index in [0.29, 0.717) is 28.6 Å². The highest BCUT2D eigenvalue weighted by Gasteiger charge is 2.34. The summed E-state index contributed by atoms with van der Waals surface area (Å²) in [5.74, 6) is -0.922. The lowest BCUT2D eigenvalue weighted by atomic mass is 10.1. The zero-order chi connectivity index (χ0) is 30.2. The van der Waals surface area contributed by atoms with E-state index in [4.69, 9.17) is 34.8 Å². The molecule has 11 heteroatoms. The number of nitrogens with zero attached hydrogens (tertiary/aromatic N) is 2. The summed E-state index contributed by atoms with van der Waals surface area (Å²) < 4.78 is 28.9.